The molecule has 1 atom stereocenters. The van der Waals surface area contributed by atoms with Gasteiger partial charge in [0.2, 0.25) is 5.91 Å². The lowest BCUT2D eigenvalue weighted by Crippen LogP contribution is -2.67. The lowest BCUT2D eigenvalue weighted by atomic mass is 9.84. The number of hydrogen-bond acceptors (Lipinski definition) is 5. The van der Waals surface area contributed by atoms with Crippen LogP contribution in [0, 0.1) is 0 Å². The minimum atomic E-state index is -0.369. The molecule has 2 amide bonds. The van der Waals surface area contributed by atoms with Gasteiger partial charge in [-0.25, -0.2) is 0 Å². The van der Waals surface area contributed by atoms with Gasteiger partial charge >= 0.3 is 0 Å². The Labute approximate surface area is 158 Å². The molecule has 3 saturated heterocycles. The van der Waals surface area contributed by atoms with Crippen molar-refractivity contribution in [2.24, 2.45) is 0 Å². The van der Waals surface area contributed by atoms with Crippen LogP contribution in [0.25, 0.3) is 0 Å². The number of rotatable bonds is 4. The molecule has 1 aromatic carbocycles. The summed E-state index contributed by atoms with van der Waals surface area (Å²) in [5.74, 6) is 0.0517. The summed E-state index contributed by atoms with van der Waals surface area (Å²) in [6.07, 6.45) is 3.62. The predicted molar refractivity (Wildman–Crippen MR) is 97.5 cm³/mol. The van der Waals surface area contributed by atoms with Crippen LogP contribution < -0.4 is 0 Å². The lowest BCUT2D eigenvalue weighted by Gasteiger charge is -2.53. The van der Waals surface area contributed by atoms with Gasteiger partial charge in [-0.2, -0.15) is 0 Å². The average Bonchev–Trinajstić information content (AvgIpc) is 3.18. The zero-order chi connectivity index (χ0) is 18.9. The third kappa shape index (κ3) is 3.94. The molecule has 0 aromatic heterocycles. The maximum atomic E-state index is 12.5. The van der Waals surface area contributed by atoms with E-state index in [1.807, 2.05) is 4.90 Å². The van der Waals surface area contributed by atoms with E-state index in [1.54, 1.807) is 23.1 Å². The molecule has 3 fully saturated rings. The Morgan fingerprint density at radius 2 is 2.00 bits per heavy atom. The molecule has 27 heavy (non-hydrogen) atoms. The van der Waals surface area contributed by atoms with Crippen molar-refractivity contribution in [2.45, 2.75) is 37.4 Å². The highest BCUT2D eigenvalue weighted by Crippen LogP contribution is 2.36. The fourth-order valence-electron chi connectivity index (χ4n) is 4.21. The Morgan fingerprint density at radius 1 is 1.22 bits per heavy atom. The lowest BCUT2D eigenvalue weighted by molar-refractivity contribution is -0.188. The van der Waals surface area contributed by atoms with E-state index in [0.29, 0.717) is 31.7 Å². The summed E-state index contributed by atoms with van der Waals surface area (Å²) in [6.45, 7) is 3.42. The SMILES string of the molecule is O=C(COC1CCOC2(C1)CN(C(=O)c1cccc(O)c1)C2)N1CCCC1. The van der Waals surface area contributed by atoms with Crippen molar-refractivity contribution in [3.8, 4) is 5.75 Å². The second-order valence-corrected chi connectivity index (χ2v) is 7.76. The summed E-state index contributed by atoms with van der Waals surface area (Å²) in [6, 6.07) is 6.38. The molecule has 1 N–H and O–H groups in total. The Balaban J connectivity index is 1.27. The Kier molecular flexibility index (Phi) is 5.06. The van der Waals surface area contributed by atoms with E-state index in [9.17, 15) is 14.7 Å². The van der Waals surface area contributed by atoms with Gasteiger partial charge in [-0.3, -0.25) is 9.59 Å². The zero-order valence-electron chi connectivity index (χ0n) is 15.4. The number of nitrogens with zero attached hydrogens (tertiary/aromatic N) is 2. The number of ether oxygens (including phenoxy) is 2. The first-order chi connectivity index (χ1) is 13.0. The van der Waals surface area contributed by atoms with E-state index in [1.165, 1.54) is 6.07 Å². The molecular formula is C20H26N2O5. The van der Waals surface area contributed by atoms with Gasteiger partial charge in [-0.15, -0.1) is 0 Å². The topological polar surface area (TPSA) is 79.3 Å². The molecule has 146 valence electrons. The Morgan fingerprint density at radius 3 is 2.74 bits per heavy atom. The number of carbonyl (C=O) groups excluding carboxylic acids is 2. The number of phenols is 1. The van der Waals surface area contributed by atoms with Gasteiger partial charge in [0, 0.05) is 31.7 Å². The average molecular weight is 374 g/mol. The van der Waals surface area contributed by atoms with Crippen LogP contribution in [0.5, 0.6) is 5.75 Å². The highest BCUT2D eigenvalue weighted by atomic mass is 16.5. The van der Waals surface area contributed by atoms with Crippen molar-refractivity contribution in [1.82, 2.24) is 9.80 Å². The second kappa shape index (κ2) is 7.48. The first-order valence-electron chi connectivity index (χ1n) is 9.66. The van der Waals surface area contributed by atoms with Crippen molar-refractivity contribution >= 4 is 11.8 Å². The summed E-state index contributed by atoms with van der Waals surface area (Å²) in [4.78, 5) is 28.3. The summed E-state index contributed by atoms with van der Waals surface area (Å²) in [7, 11) is 0. The third-order valence-corrected chi connectivity index (χ3v) is 5.69. The van der Waals surface area contributed by atoms with Gasteiger partial charge in [0.05, 0.1) is 19.2 Å². The van der Waals surface area contributed by atoms with Crippen LogP contribution in [0.1, 0.15) is 36.0 Å². The molecule has 7 heteroatoms. The maximum absolute atomic E-state index is 12.5. The maximum Gasteiger partial charge on any atom is 0.254 e. The van der Waals surface area contributed by atoms with Crippen LogP contribution in [0.2, 0.25) is 0 Å². The van der Waals surface area contributed by atoms with Crippen LogP contribution in [0.3, 0.4) is 0 Å². The normalized spacial score (nSPS) is 24.1. The number of carbonyl (C=O) groups is 2. The molecule has 1 aromatic rings. The molecule has 1 unspecified atom stereocenters. The summed E-state index contributed by atoms with van der Waals surface area (Å²) >= 11 is 0. The van der Waals surface area contributed by atoms with Crippen molar-refractivity contribution in [2.75, 3.05) is 39.4 Å². The molecule has 3 aliphatic heterocycles. The van der Waals surface area contributed by atoms with E-state index >= 15 is 0 Å². The standard InChI is InChI=1S/C20H26N2O5/c23-16-5-3-4-15(10-16)19(25)22-13-20(14-22)11-17(6-9-27-20)26-12-18(24)21-7-1-2-8-21/h3-5,10,17,23H,1-2,6-9,11-14H2. The van der Waals surface area contributed by atoms with Crippen molar-refractivity contribution in [1.29, 1.82) is 0 Å². The number of likely N-dealkylation sites (tertiary alicyclic amines) is 2. The summed E-state index contributed by atoms with van der Waals surface area (Å²) in [5.41, 5.74) is 0.108. The van der Waals surface area contributed by atoms with Crippen LogP contribution in [0.15, 0.2) is 24.3 Å². The minimum Gasteiger partial charge on any atom is -0.508 e. The number of aromatic hydroxyl groups is 1. The Hall–Kier alpha value is -2.12. The molecule has 1 spiro atoms. The number of phenolic OH excluding ortho intramolecular Hbond substituents is 1. The smallest absolute Gasteiger partial charge is 0.254 e. The number of benzene rings is 1. The molecule has 0 radical (unpaired) electrons. The largest absolute Gasteiger partial charge is 0.508 e. The molecule has 0 bridgehead atoms. The number of amides is 2. The summed E-state index contributed by atoms with van der Waals surface area (Å²) < 4.78 is 11.8. The predicted octanol–water partition coefficient (Wildman–Crippen LogP) is 1.40. The number of hydrogen-bond donors (Lipinski definition) is 1. The van der Waals surface area contributed by atoms with Crippen LogP contribution in [0.4, 0.5) is 0 Å². The molecule has 4 rings (SSSR count). The van der Waals surface area contributed by atoms with Crippen LogP contribution in [-0.2, 0) is 14.3 Å². The Bertz CT molecular complexity index is 710. The molecule has 3 aliphatic rings. The van der Waals surface area contributed by atoms with Crippen LogP contribution >= 0.6 is 0 Å². The molecular weight excluding hydrogens is 348 g/mol. The van der Waals surface area contributed by atoms with Gasteiger partial charge in [0.25, 0.3) is 5.91 Å². The zero-order valence-corrected chi connectivity index (χ0v) is 15.4. The first kappa shape index (κ1) is 18.3. The van der Waals surface area contributed by atoms with Gasteiger partial charge in [-0.1, -0.05) is 6.07 Å². The monoisotopic (exact) mass is 374 g/mol. The fraction of sp³-hybridized carbons (Fsp3) is 0.600. The van der Waals surface area contributed by atoms with Gasteiger partial charge in [-0.05, 0) is 37.5 Å². The van der Waals surface area contributed by atoms with E-state index in [4.69, 9.17) is 9.47 Å². The summed E-state index contributed by atoms with van der Waals surface area (Å²) in [5, 5.41) is 9.55. The molecule has 0 saturated carbocycles. The first-order valence-corrected chi connectivity index (χ1v) is 9.66. The second-order valence-electron chi connectivity index (χ2n) is 7.76. The minimum absolute atomic E-state index is 0.0108. The van der Waals surface area contributed by atoms with Gasteiger partial charge in [0.1, 0.15) is 18.0 Å². The van der Waals surface area contributed by atoms with E-state index in [0.717, 1.165) is 32.4 Å². The van der Waals surface area contributed by atoms with E-state index in [2.05, 4.69) is 0 Å². The van der Waals surface area contributed by atoms with Crippen molar-refractivity contribution in [3.05, 3.63) is 29.8 Å². The van der Waals surface area contributed by atoms with E-state index < -0.39 is 0 Å². The van der Waals surface area contributed by atoms with Crippen molar-refractivity contribution < 1.29 is 24.2 Å². The van der Waals surface area contributed by atoms with Gasteiger partial charge in [0.15, 0.2) is 0 Å². The van der Waals surface area contributed by atoms with Crippen LogP contribution in [-0.4, -0.2) is 77.8 Å². The molecule has 3 heterocycles. The van der Waals surface area contributed by atoms with Gasteiger partial charge < -0.3 is 24.4 Å². The highest BCUT2D eigenvalue weighted by Gasteiger charge is 2.49. The van der Waals surface area contributed by atoms with Crippen molar-refractivity contribution in [3.63, 3.8) is 0 Å². The highest BCUT2D eigenvalue weighted by molar-refractivity contribution is 5.95. The quantitative estimate of drug-likeness (QED) is 0.862. The fourth-order valence-corrected chi connectivity index (χ4v) is 4.21. The third-order valence-electron chi connectivity index (χ3n) is 5.69. The van der Waals surface area contributed by atoms with E-state index in [-0.39, 0.29) is 35.9 Å². The molecule has 0 aliphatic carbocycles. The molecule has 7 nitrogen and oxygen atoms in total.